The highest BCUT2D eigenvalue weighted by atomic mass is 19.1. The predicted octanol–water partition coefficient (Wildman–Crippen LogP) is 3.96. The standard InChI is InChI=1S/C17H17FN2/c18-13-7-5-12(6-8-13)16-10-9-14-11-19-15-3-1-2-4-17(15)20(14)16/h1-8,14,16,19H,9-11H2/t14-,16+/m1/s1. The number of halogens is 1. The van der Waals surface area contributed by atoms with Crippen LogP contribution in [0.1, 0.15) is 24.4 Å². The molecule has 102 valence electrons. The maximum Gasteiger partial charge on any atom is 0.123 e. The lowest BCUT2D eigenvalue weighted by Crippen LogP contribution is -2.40. The molecule has 0 bridgehead atoms. The Morgan fingerprint density at radius 3 is 2.65 bits per heavy atom. The van der Waals surface area contributed by atoms with Crippen LogP contribution in [0, 0.1) is 5.82 Å². The van der Waals surface area contributed by atoms with E-state index in [1.54, 1.807) is 12.1 Å². The third-order valence-corrected chi connectivity index (χ3v) is 4.47. The number of fused-ring (bicyclic) bond motifs is 3. The van der Waals surface area contributed by atoms with Crippen molar-refractivity contribution in [3.05, 3.63) is 59.9 Å². The van der Waals surface area contributed by atoms with Gasteiger partial charge in [-0.1, -0.05) is 24.3 Å². The Bertz CT molecular complexity index is 623. The molecule has 2 atom stereocenters. The maximum atomic E-state index is 13.1. The fraction of sp³-hybridized carbons (Fsp3) is 0.294. The lowest BCUT2D eigenvalue weighted by Gasteiger charge is -2.38. The van der Waals surface area contributed by atoms with Crippen LogP contribution in [0.3, 0.4) is 0 Å². The Labute approximate surface area is 118 Å². The van der Waals surface area contributed by atoms with Gasteiger partial charge in [0.2, 0.25) is 0 Å². The SMILES string of the molecule is Fc1ccc([C@@H]2CC[C@@H]3CNc4ccccc4N32)cc1. The number of hydrogen-bond donors (Lipinski definition) is 1. The molecule has 1 N–H and O–H groups in total. The summed E-state index contributed by atoms with van der Waals surface area (Å²) in [5, 5.41) is 3.51. The zero-order chi connectivity index (χ0) is 13.5. The molecule has 2 aromatic rings. The van der Waals surface area contributed by atoms with Gasteiger partial charge in [0, 0.05) is 12.6 Å². The van der Waals surface area contributed by atoms with Crippen molar-refractivity contribution in [1.82, 2.24) is 0 Å². The van der Waals surface area contributed by atoms with Gasteiger partial charge in [-0.2, -0.15) is 0 Å². The minimum absolute atomic E-state index is 0.163. The molecule has 0 aliphatic carbocycles. The molecular weight excluding hydrogens is 251 g/mol. The lowest BCUT2D eigenvalue weighted by atomic mass is 10.0. The van der Waals surface area contributed by atoms with Crippen molar-refractivity contribution in [1.29, 1.82) is 0 Å². The molecule has 2 aromatic carbocycles. The van der Waals surface area contributed by atoms with Crippen LogP contribution in [0.25, 0.3) is 0 Å². The van der Waals surface area contributed by atoms with Crippen LogP contribution >= 0.6 is 0 Å². The van der Waals surface area contributed by atoms with Crippen LogP contribution in [0.2, 0.25) is 0 Å². The summed E-state index contributed by atoms with van der Waals surface area (Å²) < 4.78 is 13.1. The number of nitrogens with zero attached hydrogens (tertiary/aromatic N) is 1. The van der Waals surface area contributed by atoms with E-state index < -0.39 is 0 Å². The zero-order valence-electron chi connectivity index (χ0n) is 11.2. The number of nitrogens with one attached hydrogen (secondary N) is 1. The van der Waals surface area contributed by atoms with Crippen LogP contribution in [-0.2, 0) is 0 Å². The van der Waals surface area contributed by atoms with Gasteiger partial charge in [-0.25, -0.2) is 4.39 Å². The van der Waals surface area contributed by atoms with Gasteiger partial charge in [-0.05, 0) is 42.7 Å². The Kier molecular flexibility index (Phi) is 2.66. The zero-order valence-corrected chi connectivity index (χ0v) is 11.2. The van der Waals surface area contributed by atoms with E-state index in [1.165, 1.54) is 23.4 Å². The van der Waals surface area contributed by atoms with Crippen molar-refractivity contribution < 1.29 is 4.39 Å². The van der Waals surface area contributed by atoms with Crippen LogP contribution in [0.15, 0.2) is 48.5 Å². The number of hydrogen-bond acceptors (Lipinski definition) is 2. The largest absolute Gasteiger partial charge is 0.381 e. The molecular formula is C17H17FN2. The van der Waals surface area contributed by atoms with Crippen molar-refractivity contribution in [2.45, 2.75) is 24.9 Å². The van der Waals surface area contributed by atoms with E-state index in [9.17, 15) is 4.39 Å². The molecule has 0 radical (unpaired) electrons. The van der Waals surface area contributed by atoms with E-state index in [4.69, 9.17) is 0 Å². The topological polar surface area (TPSA) is 15.3 Å². The fourth-order valence-corrected chi connectivity index (χ4v) is 3.54. The highest BCUT2D eigenvalue weighted by Gasteiger charge is 2.37. The van der Waals surface area contributed by atoms with E-state index in [0.717, 1.165) is 13.0 Å². The van der Waals surface area contributed by atoms with Gasteiger partial charge < -0.3 is 10.2 Å². The molecule has 0 saturated carbocycles. The van der Waals surface area contributed by atoms with Gasteiger partial charge in [0.1, 0.15) is 5.82 Å². The summed E-state index contributed by atoms with van der Waals surface area (Å²) in [5.41, 5.74) is 3.69. The normalized spacial score (nSPS) is 23.9. The van der Waals surface area contributed by atoms with E-state index in [1.807, 2.05) is 12.1 Å². The third kappa shape index (κ3) is 1.77. The fourth-order valence-electron chi connectivity index (χ4n) is 3.54. The molecule has 2 nitrogen and oxygen atoms in total. The smallest absolute Gasteiger partial charge is 0.123 e. The second-order valence-electron chi connectivity index (χ2n) is 5.60. The molecule has 0 spiro atoms. The first-order valence-electron chi connectivity index (χ1n) is 7.19. The average Bonchev–Trinajstić information content (AvgIpc) is 2.92. The van der Waals surface area contributed by atoms with Gasteiger partial charge in [0.15, 0.2) is 0 Å². The van der Waals surface area contributed by atoms with Crippen molar-refractivity contribution in [3.8, 4) is 0 Å². The first-order chi connectivity index (χ1) is 9.83. The van der Waals surface area contributed by atoms with Crippen LogP contribution in [0.4, 0.5) is 15.8 Å². The summed E-state index contributed by atoms with van der Waals surface area (Å²) in [6.07, 6.45) is 2.32. The molecule has 2 heterocycles. The van der Waals surface area contributed by atoms with Crippen molar-refractivity contribution in [2.24, 2.45) is 0 Å². The Balaban J connectivity index is 1.75. The molecule has 4 rings (SSSR count). The summed E-state index contributed by atoms with van der Waals surface area (Å²) in [4.78, 5) is 2.51. The number of anilines is 2. The van der Waals surface area contributed by atoms with Gasteiger partial charge in [0.25, 0.3) is 0 Å². The predicted molar refractivity (Wildman–Crippen MR) is 79.6 cm³/mol. The van der Waals surface area contributed by atoms with E-state index in [2.05, 4.69) is 34.5 Å². The second kappa shape index (κ2) is 4.51. The summed E-state index contributed by atoms with van der Waals surface area (Å²) in [6.45, 7) is 0.995. The summed E-state index contributed by atoms with van der Waals surface area (Å²) in [7, 11) is 0. The first-order valence-corrected chi connectivity index (χ1v) is 7.19. The Hall–Kier alpha value is -2.03. The lowest BCUT2D eigenvalue weighted by molar-refractivity contribution is 0.621. The molecule has 1 saturated heterocycles. The molecule has 20 heavy (non-hydrogen) atoms. The van der Waals surface area contributed by atoms with Crippen LogP contribution in [0.5, 0.6) is 0 Å². The molecule has 0 amide bonds. The third-order valence-electron chi connectivity index (χ3n) is 4.47. The Morgan fingerprint density at radius 1 is 1.00 bits per heavy atom. The van der Waals surface area contributed by atoms with Gasteiger partial charge in [0.05, 0.1) is 17.4 Å². The molecule has 1 fully saturated rings. The monoisotopic (exact) mass is 268 g/mol. The van der Waals surface area contributed by atoms with Crippen molar-refractivity contribution in [2.75, 3.05) is 16.8 Å². The van der Waals surface area contributed by atoms with Gasteiger partial charge in [-0.15, -0.1) is 0 Å². The quantitative estimate of drug-likeness (QED) is 0.842. The first kappa shape index (κ1) is 11.8. The van der Waals surface area contributed by atoms with Crippen LogP contribution < -0.4 is 10.2 Å². The highest BCUT2D eigenvalue weighted by Crippen LogP contribution is 2.45. The average molecular weight is 268 g/mol. The van der Waals surface area contributed by atoms with Crippen molar-refractivity contribution >= 4 is 11.4 Å². The number of benzene rings is 2. The number of para-hydroxylation sites is 2. The summed E-state index contributed by atoms with van der Waals surface area (Å²) >= 11 is 0. The molecule has 0 unspecified atom stereocenters. The van der Waals surface area contributed by atoms with E-state index in [0.29, 0.717) is 12.1 Å². The Morgan fingerprint density at radius 2 is 1.80 bits per heavy atom. The molecule has 3 heteroatoms. The van der Waals surface area contributed by atoms with Crippen LogP contribution in [-0.4, -0.2) is 12.6 Å². The number of rotatable bonds is 1. The second-order valence-corrected chi connectivity index (χ2v) is 5.60. The van der Waals surface area contributed by atoms with Gasteiger partial charge in [-0.3, -0.25) is 0 Å². The van der Waals surface area contributed by atoms with Gasteiger partial charge >= 0.3 is 0 Å². The molecule has 0 aromatic heterocycles. The highest BCUT2D eigenvalue weighted by molar-refractivity contribution is 5.74. The minimum Gasteiger partial charge on any atom is -0.381 e. The molecule has 2 aliphatic rings. The van der Waals surface area contributed by atoms with Crippen molar-refractivity contribution in [3.63, 3.8) is 0 Å². The maximum absolute atomic E-state index is 13.1. The summed E-state index contributed by atoms with van der Waals surface area (Å²) in [6, 6.07) is 16.3. The molecule has 2 aliphatic heterocycles. The van der Waals surface area contributed by atoms with E-state index >= 15 is 0 Å². The van der Waals surface area contributed by atoms with E-state index in [-0.39, 0.29) is 5.82 Å². The minimum atomic E-state index is -0.163. The summed E-state index contributed by atoms with van der Waals surface area (Å²) in [5.74, 6) is -0.163.